The Morgan fingerprint density at radius 1 is 1.29 bits per heavy atom. The number of likely N-dealkylation sites (tertiary alicyclic amines) is 1. The van der Waals surface area contributed by atoms with Crippen LogP contribution in [0.15, 0.2) is 4.52 Å². The second kappa shape index (κ2) is 5.60. The normalized spacial score (nSPS) is 28.0. The van der Waals surface area contributed by atoms with Gasteiger partial charge in [-0.2, -0.15) is 0 Å². The summed E-state index contributed by atoms with van der Waals surface area (Å²) in [6, 6.07) is 0.254. The Bertz CT molecular complexity index is 659. The van der Waals surface area contributed by atoms with Crippen LogP contribution in [-0.4, -0.2) is 41.1 Å². The van der Waals surface area contributed by atoms with Gasteiger partial charge in [0.1, 0.15) is 11.3 Å². The number of aryl methyl sites for hydroxylation is 2. The first kappa shape index (κ1) is 17.0. The van der Waals surface area contributed by atoms with Crippen molar-refractivity contribution in [3.05, 3.63) is 17.0 Å². The first-order chi connectivity index (χ1) is 11.1. The average Bonchev–Trinajstić information content (AvgIpc) is 2.91. The third kappa shape index (κ3) is 3.06. The van der Waals surface area contributed by atoms with Crippen molar-refractivity contribution in [2.45, 2.75) is 59.9 Å². The molecule has 6 nitrogen and oxygen atoms in total. The Morgan fingerprint density at radius 2 is 2.00 bits per heavy atom. The fourth-order valence-corrected chi connectivity index (χ4v) is 4.81. The summed E-state index contributed by atoms with van der Waals surface area (Å²) in [6.45, 7) is 10.7. The molecule has 2 aliphatic rings. The number of fused-ring (bicyclic) bond motifs is 2. The van der Waals surface area contributed by atoms with Crippen molar-refractivity contribution in [2.24, 2.45) is 10.8 Å². The average molecular weight is 334 g/mol. The number of carbonyl (C=O) groups is 2. The minimum atomic E-state index is -0.548. The largest absolute Gasteiger partial charge is 0.452 e. The molecule has 0 aromatic carbocycles. The second-order valence-corrected chi connectivity index (χ2v) is 8.51. The fraction of sp³-hybridized carbons (Fsp3) is 0.722. The number of amides is 1. The van der Waals surface area contributed by atoms with Gasteiger partial charge in [-0.3, -0.25) is 4.79 Å². The highest BCUT2D eigenvalue weighted by Gasteiger charge is 2.50. The predicted molar refractivity (Wildman–Crippen MR) is 87.5 cm³/mol. The molecule has 0 radical (unpaired) electrons. The molecule has 1 saturated carbocycles. The molecule has 0 N–H and O–H groups in total. The van der Waals surface area contributed by atoms with Gasteiger partial charge in [-0.25, -0.2) is 4.79 Å². The van der Waals surface area contributed by atoms with Gasteiger partial charge < -0.3 is 14.2 Å². The van der Waals surface area contributed by atoms with Gasteiger partial charge in [0.15, 0.2) is 6.61 Å². The van der Waals surface area contributed by atoms with Gasteiger partial charge in [0.05, 0.1) is 5.69 Å². The summed E-state index contributed by atoms with van der Waals surface area (Å²) in [5.41, 5.74) is 1.22. The highest BCUT2D eigenvalue weighted by molar-refractivity contribution is 5.93. The Kier molecular flexibility index (Phi) is 3.97. The van der Waals surface area contributed by atoms with Crippen molar-refractivity contribution in [2.75, 3.05) is 13.2 Å². The molecule has 132 valence electrons. The number of aromatic nitrogens is 1. The second-order valence-electron chi connectivity index (χ2n) is 8.51. The van der Waals surface area contributed by atoms with Crippen LogP contribution in [0.2, 0.25) is 0 Å². The molecule has 24 heavy (non-hydrogen) atoms. The number of ether oxygens (including phenoxy) is 1. The van der Waals surface area contributed by atoms with Crippen molar-refractivity contribution in [1.82, 2.24) is 10.1 Å². The van der Waals surface area contributed by atoms with Crippen LogP contribution in [0.4, 0.5) is 0 Å². The van der Waals surface area contributed by atoms with Crippen LogP contribution in [0, 0.1) is 24.7 Å². The first-order valence-corrected chi connectivity index (χ1v) is 8.50. The lowest BCUT2D eigenvalue weighted by atomic mass is 9.65. The zero-order chi connectivity index (χ0) is 17.7. The van der Waals surface area contributed by atoms with Crippen LogP contribution >= 0.6 is 0 Å². The minimum Gasteiger partial charge on any atom is -0.452 e. The van der Waals surface area contributed by atoms with Crippen molar-refractivity contribution in [1.29, 1.82) is 0 Å². The molecule has 1 aromatic heterocycles. The van der Waals surface area contributed by atoms with E-state index < -0.39 is 5.97 Å². The van der Waals surface area contributed by atoms with E-state index in [2.05, 4.69) is 25.9 Å². The molecule has 1 saturated heterocycles. The number of esters is 1. The van der Waals surface area contributed by atoms with E-state index >= 15 is 0 Å². The fourth-order valence-electron chi connectivity index (χ4n) is 4.81. The van der Waals surface area contributed by atoms with E-state index in [1.165, 1.54) is 0 Å². The molecule has 2 bridgehead atoms. The lowest BCUT2D eigenvalue weighted by Crippen LogP contribution is -2.39. The van der Waals surface area contributed by atoms with Crippen LogP contribution in [-0.2, 0) is 9.53 Å². The van der Waals surface area contributed by atoms with Crippen molar-refractivity contribution in [3.63, 3.8) is 0 Å². The summed E-state index contributed by atoms with van der Waals surface area (Å²) in [5, 5.41) is 3.74. The van der Waals surface area contributed by atoms with E-state index in [-0.39, 0.29) is 29.4 Å². The van der Waals surface area contributed by atoms with Gasteiger partial charge in [0, 0.05) is 12.6 Å². The highest BCUT2D eigenvalue weighted by atomic mass is 16.5. The van der Waals surface area contributed by atoms with E-state index in [9.17, 15) is 9.59 Å². The summed E-state index contributed by atoms with van der Waals surface area (Å²) in [5.74, 6) is -0.244. The molecule has 1 aliphatic heterocycles. The molecular weight excluding hydrogens is 308 g/mol. The Morgan fingerprint density at radius 3 is 2.62 bits per heavy atom. The third-order valence-corrected chi connectivity index (χ3v) is 5.30. The number of hydrogen-bond donors (Lipinski definition) is 0. The number of nitrogens with zero attached hydrogens (tertiary/aromatic N) is 2. The van der Waals surface area contributed by atoms with Gasteiger partial charge in [-0.15, -0.1) is 0 Å². The quantitative estimate of drug-likeness (QED) is 0.795. The smallest absolute Gasteiger partial charge is 0.344 e. The molecular formula is C18H26N2O4. The maximum atomic E-state index is 12.6. The van der Waals surface area contributed by atoms with Crippen LogP contribution in [0.3, 0.4) is 0 Å². The topological polar surface area (TPSA) is 72.6 Å². The number of hydrogen-bond acceptors (Lipinski definition) is 5. The summed E-state index contributed by atoms with van der Waals surface area (Å²) in [6.07, 6.45) is 3.17. The number of rotatable bonds is 3. The SMILES string of the molecule is Cc1noc(C)c1C(=O)OCC(=O)N1C[C@]2(C)C[C@H]1CC(C)(C)C2. The van der Waals surface area contributed by atoms with E-state index in [0.717, 1.165) is 25.8 Å². The molecule has 6 heteroatoms. The maximum absolute atomic E-state index is 12.6. The summed E-state index contributed by atoms with van der Waals surface area (Å²) in [7, 11) is 0. The lowest BCUT2D eigenvalue weighted by molar-refractivity contribution is -0.135. The Balaban J connectivity index is 1.63. The van der Waals surface area contributed by atoms with Gasteiger partial charge in [0.25, 0.3) is 5.91 Å². The minimum absolute atomic E-state index is 0.110. The molecule has 1 amide bonds. The summed E-state index contributed by atoms with van der Waals surface area (Å²) in [4.78, 5) is 26.7. The van der Waals surface area contributed by atoms with Crippen LogP contribution < -0.4 is 0 Å². The zero-order valence-electron chi connectivity index (χ0n) is 15.1. The molecule has 1 aliphatic carbocycles. The Labute approximate surface area is 142 Å². The van der Waals surface area contributed by atoms with E-state index in [1.54, 1.807) is 13.8 Å². The zero-order valence-corrected chi connectivity index (χ0v) is 15.1. The molecule has 3 rings (SSSR count). The molecule has 0 spiro atoms. The van der Waals surface area contributed by atoms with Crippen LogP contribution in [0.1, 0.15) is 61.8 Å². The monoisotopic (exact) mass is 334 g/mol. The van der Waals surface area contributed by atoms with E-state index in [4.69, 9.17) is 9.26 Å². The van der Waals surface area contributed by atoms with Gasteiger partial charge in [0.2, 0.25) is 0 Å². The standard InChI is InChI=1S/C18H26N2O4/c1-11-15(12(2)24-19-11)16(22)23-8-14(21)20-10-18(5)7-13(20)6-17(3,4)9-18/h13H,6-10H2,1-5H3/t13-,18-/m1/s1. The molecule has 2 heterocycles. The van der Waals surface area contributed by atoms with E-state index in [1.807, 2.05) is 4.90 Å². The molecule has 1 aromatic rings. The molecule has 2 fully saturated rings. The van der Waals surface area contributed by atoms with Crippen molar-refractivity contribution >= 4 is 11.9 Å². The first-order valence-electron chi connectivity index (χ1n) is 8.50. The Hall–Kier alpha value is -1.85. The molecule has 0 unspecified atom stereocenters. The van der Waals surface area contributed by atoms with Crippen molar-refractivity contribution < 1.29 is 18.8 Å². The highest BCUT2D eigenvalue weighted by Crippen LogP contribution is 2.52. The maximum Gasteiger partial charge on any atom is 0.344 e. The predicted octanol–water partition coefficient (Wildman–Crippen LogP) is 2.88. The van der Waals surface area contributed by atoms with Crippen LogP contribution in [0.25, 0.3) is 0 Å². The van der Waals surface area contributed by atoms with Gasteiger partial charge in [-0.05, 0) is 43.9 Å². The summed E-state index contributed by atoms with van der Waals surface area (Å²) >= 11 is 0. The number of carbonyl (C=O) groups excluding carboxylic acids is 2. The van der Waals surface area contributed by atoms with Crippen LogP contribution in [0.5, 0.6) is 0 Å². The van der Waals surface area contributed by atoms with Crippen molar-refractivity contribution in [3.8, 4) is 0 Å². The summed E-state index contributed by atoms with van der Waals surface area (Å²) < 4.78 is 10.2. The third-order valence-electron chi connectivity index (χ3n) is 5.30. The van der Waals surface area contributed by atoms with E-state index in [0.29, 0.717) is 17.0 Å². The van der Waals surface area contributed by atoms with Gasteiger partial charge >= 0.3 is 5.97 Å². The molecule has 2 atom stereocenters. The van der Waals surface area contributed by atoms with Gasteiger partial charge in [-0.1, -0.05) is 25.9 Å². The lowest BCUT2D eigenvalue weighted by Gasteiger charge is -2.39.